The summed E-state index contributed by atoms with van der Waals surface area (Å²) in [5, 5.41) is 12.0. The molecule has 1 aliphatic carbocycles. The van der Waals surface area contributed by atoms with Gasteiger partial charge in [-0.15, -0.1) is 0 Å². The van der Waals surface area contributed by atoms with Crippen LogP contribution >= 0.6 is 11.8 Å². The maximum Gasteiger partial charge on any atom is 0.308 e. The monoisotopic (exact) mass is 273 g/mol. The predicted octanol–water partition coefficient (Wildman–Crippen LogP) is 2.28. The van der Waals surface area contributed by atoms with Gasteiger partial charge in [-0.05, 0) is 25.0 Å². The highest BCUT2D eigenvalue weighted by Crippen LogP contribution is 2.24. The molecule has 104 valence electrons. The van der Waals surface area contributed by atoms with E-state index in [2.05, 4.69) is 12.2 Å². The molecule has 4 nitrogen and oxygen atoms in total. The Kier molecular flexibility index (Phi) is 7.16. The van der Waals surface area contributed by atoms with Crippen molar-refractivity contribution in [3.63, 3.8) is 0 Å². The molecule has 0 aromatic heterocycles. The Balaban J connectivity index is 2.30. The highest BCUT2D eigenvalue weighted by molar-refractivity contribution is 7.99. The van der Waals surface area contributed by atoms with Gasteiger partial charge in [0.25, 0.3) is 0 Å². The Morgan fingerprint density at radius 3 is 2.72 bits per heavy atom. The molecule has 0 aromatic rings. The lowest BCUT2D eigenvalue weighted by molar-refractivity contribution is -0.144. The summed E-state index contributed by atoms with van der Waals surface area (Å²) in [4.78, 5) is 22.8. The van der Waals surface area contributed by atoms with Gasteiger partial charge in [0, 0.05) is 6.04 Å². The maximum atomic E-state index is 11.7. The molecule has 1 saturated carbocycles. The van der Waals surface area contributed by atoms with E-state index in [4.69, 9.17) is 5.11 Å². The lowest BCUT2D eigenvalue weighted by Gasteiger charge is -2.29. The fourth-order valence-electron chi connectivity index (χ4n) is 2.26. The number of carbonyl (C=O) groups excluding carboxylic acids is 1. The highest BCUT2D eigenvalue weighted by atomic mass is 32.2. The van der Waals surface area contributed by atoms with E-state index in [-0.39, 0.29) is 11.9 Å². The third kappa shape index (κ3) is 5.29. The first-order valence-electron chi connectivity index (χ1n) is 6.75. The second-order valence-electron chi connectivity index (χ2n) is 4.81. The van der Waals surface area contributed by atoms with Crippen molar-refractivity contribution >= 4 is 23.6 Å². The van der Waals surface area contributed by atoms with E-state index >= 15 is 0 Å². The molecule has 0 heterocycles. The van der Waals surface area contributed by atoms with Crippen LogP contribution in [0.3, 0.4) is 0 Å². The second kappa shape index (κ2) is 8.40. The van der Waals surface area contributed by atoms with Gasteiger partial charge in [-0.2, -0.15) is 11.8 Å². The zero-order valence-electron chi connectivity index (χ0n) is 11.0. The van der Waals surface area contributed by atoms with Crippen molar-refractivity contribution < 1.29 is 14.7 Å². The molecule has 0 spiro atoms. The molecule has 18 heavy (non-hydrogen) atoms. The summed E-state index contributed by atoms with van der Waals surface area (Å²) in [6.07, 6.45) is 5.70. The minimum absolute atomic E-state index is 0.0192. The highest BCUT2D eigenvalue weighted by Gasteiger charge is 2.31. The molecule has 0 saturated heterocycles. The SMILES string of the molecule is CCCCSCC(=O)NC1CCCCC1C(=O)O. The quantitative estimate of drug-likeness (QED) is 0.698. The summed E-state index contributed by atoms with van der Waals surface area (Å²) >= 11 is 1.62. The van der Waals surface area contributed by atoms with Crippen molar-refractivity contribution in [1.29, 1.82) is 0 Å². The number of amides is 1. The number of rotatable bonds is 7. The van der Waals surface area contributed by atoms with Crippen LogP contribution in [-0.2, 0) is 9.59 Å². The average molecular weight is 273 g/mol. The van der Waals surface area contributed by atoms with Gasteiger partial charge in [0.2, 0.25) is 5.91 Å². The van der Waals surface area contributed by atoms with Gasteiger partial charge < -0.3 is 10.4 Å². The summed E-state index contributed by atoms with van der Waals surface area (Å²) in [7, 11) is 0. The number of carboxylic acids is 1. The van der Waals surface area contributed by atoms with Crippen LogP contribution in [-0.4, -0.2) is 34.5 Å². The van der Waals surface area contributed by atoms with Gasteiger partial charge in [0.05, 0.1) is 11.7 Å². The largest absolute Gasteiger partial charge is 0.481 e. The van der Waals surface area contributed by atoms with Crippen molar-refractivity contribution in [3.05, 3.63) is 0 Å². The van der Waals surface area contributed by atoms with Gasteiger partial charge in [-0.3, -0.25) is 9.59 Å². The van der Waals surface area contributed by atoms with Crippen molar-refractivity contribution in [3.8, 4) is 0 Å². The standard InChI is InChI=1S/C13H23NO3S/c1-2-3-8-18-9-12(15)14-11-7-5-4-6-10(11)13(16)17/h10-11H,2-9H2,1H3,(H,14,15)(H,16,17). The zero-order chi connectivity index (χ0) is 13.4. The van der Waals surface area contributed by atoms with E-state index in [9.17, 15) is 9.59 Å². The Morgan fingerprint density at radius 2 is 2.06 bits per heavy atom. The van der Waals surface area contributed by atoms with Crippen LogP contribution in [0, 0.1) is 5.92 Å². The zero-order valence-corrected chi connectivity index (χ0v) is 11.8. The van der Waals surface area contributed by atoms with Crippen LogP contribution in [0.4, 0.5) is 0 Å². The second-order valence-corrected chi connectivity index (χ2v) is 5.91. The van der Waals surface area contributed by atoms with Gasteiger partial charge in [0.1, 0.15) is 0 Å². The molecule has 1 amide bonds. The number of carboxylic acid groups (broad SMARTS) is 1. The van der Waals surface area contributed by atoms with Crippen LogP contribution in [0.2, 0.25) is 0 Å². The van der Waals surface area contributed by atoms with Crippen LogP contribution in [0.25, 0.3) is 0 Å². The Labute approximate surface area is 113 Å². The van der Waals surface area contributed by atoms with Crippen molar-refractivity contribution in [2.75, 3.05) is 11.5 Å². The first kappa shape index (κ1) is 15.3. The topological polar surface area (TPSA) is 66.4 Å². The molecule has 2 N–H and O–H groups in total. The molecule has 2 unspecified atom stereocenters. The van der Waals surface area contributed by atoms with Crippen LogP contribution in [0.1, 0.15) is 45.4 Å². The summed E-state index contributed by atoms with van der Waals surface area (Å²) < 4.78 is 0. The molecular formula is C13H23NO3S. The van der Waals surface area contributed by atoms with Gasteiger partial charge in [-0.1, -0.05) is 26.2 Å². The molecular weight excluding hydrogens is 250 g/mol. The molecule has 0 aliphatic heterocycles. The van der Waals surface area contributed by atoms with E-state index < -0.39 is 11.9 Å². The molecule has 1 aliphatic rings. The van der Waals surface area contributed by atoms with Gasteiger partial charge in [-0.25, -0.2) is 0 Å². The van der Waals surface area contributed by atoms with E-state index in [1.807, 2.05) is 0 Å². The molecule has 0 bridgehead atoms. The summed E-state index contributed by atoms with van der Waals surface area (Å²) in [6.45, 7) is 2.13. The van der Waals surface area contributed by atoms with Crippen LogP contribution in [0.15, 0.2) is 0 Å². The summed E-state index contributed by atoms with van der Waals surface area (Å²) in [5.41, 5.74) is 0. The van der Waals surface area contributed by atoms with Gasteiger partial charge >= 0.3 is 5.97 Å². The van der Waals surface area contributed by atoms with E-state index in [1.165, 1.54) is 0 Å². The minimum Gasteiger partial charge on any atom is -0.481 e. The normalized spacial score (nSPS) is 23.6. The molecule has 2 atom stereocenters. The van der Waals surface area contributed by atoms with Crippen molar-refractivity contribution in [2.45, 2.75) is 51.5 Å². The fourth-order valence-corrected chi connectivity index (χ4v) is 3.16. The Morgan fingerprint density at radius 1 is 1.33 bits per heavy atom. The first-order valence-corrected chi connectivity index (χ1v) is 7.90. The third-order valence-electron chi connectivity index (χ3n) is 3.30. The van der Waals surface area contributed by atoms with E-state index in [1.54, 1.807) is 11.8 Å². The molecule has 0 radical (unpaired) electrons. The minimum atomic E-state index is -0.779. The number of carbonyl (C=O) groups is 2. The third-order valence-corrected chi connectivity index (χ3v) is 4.35. The smallest absolute Gasteiger partial charge is 0.308 e. The number of hydrogen-bond donors (Lipinski definition) is 2. The molecule has 5 heteroatoms. The molecule has 1 fully saturated rings. The number of thioether (sulfide) groups is 1. The number of nitrogens with one attached hydrogen (secondary N) is 1. The predicted molar refractivity (Wildman–Crippen MR) is 73.8 cm³/mol. The van der Waals surface area contributed by atoms with E-state index in [0.717, 1.165) is 37.9 Å². The lowest BCUT2D eigenvalue weighted by atomic mass is 9.84. The van der Waals surface area contributed by atoms with Crippen molar-refractivity contribution in [2.24, 2.45) is 5.92 Å². The number of aliphatic carboxylic acids is 1. The molecule has 1 rings (SSSR count). The maximum absolute atomic E-state index is 11.7. The number of unbranched alkanes of at least 4 members (excludes halogenated alkanes) is 1. The van der Waals surface area contributed by atoms with Gasteiger partial charge in [0.15, 0.2) is 0 Å². The van der Waals surface area contributed by atoms with Crippen molar-refractivity contribution in [1.82, 2.24) is 5.32 Å². The first-order chi connectivity index (χ1) is 8.65. The van der Waals surface area contributed by atoms with E-state index in [0.29, 0.717) is 12.2 Å². The lowest BCUT2D eigenvalue weighted by Crippen LogP contribution is -2.45. The Bertz CT molecular complexity index is 283. The average Bonchev–Trinajstić information content (AvgIpc) is 2.35. The fraction of sp³-hybridized carbons (Fsp3) is 0.846. The molecule has 0 aromatic carbocycles. The Hall–Kier alpha value is -0.710. The van der Waals surface area contributed by atoms with Crippen LogP contribution < -0.4 is 5.32 Å². The number of hydrogen-bond acceptors (Lipinski definition) is 3. The summed E-state index contributed by atoms with van der Waals surface area (Å²) in [6, 6.07) is -0.171. The summed E-state index contributed by atoms with van der Waals surface area (Å²) in [5.74, 6) is 0.246. The van der Waals surface area contributed by atoms with Crippen LogP contribution in [0.5, 0.6) is 0 Å².